The molecule has 0 aliphatic carbocycles. The lowest BCUT2D eigenvalue weighted by atomic mass is 10.0. The first-order valence-corrected chi connectivity index (χ1v) is 8.51. The number of hydrogen-bond donors (Lipinski definition) is 1. The SMILES string of the molecule is CSCC(C)CN1C(=O)CNC1c1ccc(C)cc1C. The molecule has 1 aromatic rings. The van der Waals surface area contributed by atoms with E-state index >= 15 is 0 Å². The molecule has 1 fully saturated rings. The maximum atomic E-state index is 12.1. The van der Waals surface area contributed by atoms with Gasteiger partial charge in [0.25, 0.3) is 0 Å². The molecule has 0 saturated carbocycles. The van der Waals surface area contributed by atoms with Crippen LogP contribution in [0, 0.1) is 19.8 Å². The Labute approximate surface area is 126 Å². The first kappa shape index (κ1) is 15.4. The van der Waals surface area contributed by atoms with Crippen LogP contribution in [0.5, 0.6) is 0 Å². The van der Waals surface area contributed by atoms with E-state index in [1.54, 1.807) is 0 Å². The van der Waals surface area contributed by atoms with Crippen molar-refractivity contribution in [1.29, 1.82) is 0 Å². The third kappa shape index (κ3) is 3.36. The maximum absolute atomic E-state index is 12.1. The monoisotopic (exact) mass is 292 g/mol. The lowest BCUT2D eigenvalue weighted by Crippen LogP contribution is -2.35. The van der Waals surface area contributed by atoms with Crippen LogP contribution in [0.25, 0.3) is 0 Å². The van der Waals surface area contributed by atoms with Gasteiger partial charge in [-0.3, -0.25) is 10.1 Å². The highest BCUT2D eigenvalue weighted by Gasteiger charge is 2.32. The van der Waals surface area contributed by atoms with E-state index in [0.29, 0.717) is 12.5 Å². The van der Waals surface area contributed by atoms with Crippen LogP contribution in [0.4, 0.5) is 0 Å². The normalized spacial score (nSPS) is 20.5. The Kier molecular flexibility index (Phi) is 5.11. The molecule has 0 aromatic heterocycles. The highest BCUT2D eigenvalue weighted by molar-refractivity contribution is 7.98. The highest BCUT2D eigenvalue weighted by atomic mass is 32.2. The summed E-state index contributed by atoms with van der Waals surface area (Å²) >= 11 is 1.84. The molecule has 1 aliphatic heterocycles. The number of amides is 1. The molecule has 20 heavy (non-hydrogen) atoms. The van der Waals surface area contributed by atoms with Gasteiger partial charge in [-0.15, -0.1) is 0 Å². The summed E-state index contributed by atoms with van der Waals surface area (Å²) in [5.41, 5.74) is 3.73. The van der Waals surface area contributed by atoms with Crippen LogP contribution in [0.3, 0.4) is 0 Å². The largest absolute Gasteiger partial charge is 0.322 e. The highest BCUT2D eigenvalue weighted by Crippen LogP contribution is 2.27. The summed E-state index contributed by atoms with van der Waals surface area (Å²) < 4.78 is 0. The zero-order valence-corrected chi connectivity index (χ0v) is 13.6. The van der Waals surface area contributed by atoms with Crippen molar-refractivity contribution in [3.05, 3.63) is 34.9 Å². The van der Waals surface area contributed by atoms with E-state index in [-0.39, 0.29) is 12.1 Å². The smallest absolute Gasteiger partial charge is 0.238 e. The molecule has 2 unspecified atom stereocenters. The summed E-state index contributed by atoms with van der Waals surface area (Å²) in [6.07, 6.45) is 2.15. The number of carbonyl (C=O) groups excluding carboxylic acids is 1. The molecule has 0 spiro atoms. The molecule has 1 amide bonds. The van der Waals surface area contributed by atoms with Crippen molar-refractivity contribution in [3.63, 3.8) is 0 Å². The summed E-state index contributed by atoms with van der Waals surface area (Å²) in [5.74, 6) is 1.81. The first-order valence-electron chi connectivity index (χ1n) is 7.12. The number of hydrogen-bond acceptors (Lipinski definition) is 3. The summed E-state index contributed by atoms with van der Waals surface area (Å²) in [6.45, 7) is 7.70. The topological polar surface area (TPSA) is 32.3 Å². The van der Waals surface area contributed by atoms with Crippen molar-refractivity contribution < 1.29 is 4.79 Å². The van der Waals surface area contributed by atoms with Crippen LogP contribution in [-0.2, 0) is 4.79 Å². The molecule has 0 bridgehead atoms. The molecule has 1 aromatic carbocycles. The third-order valence-corrected chi connectivity index (χ3v) is 4.66. The minimum absolute atomic E-state index is 0.0346. The summed E-state index contributed by atoms with van der Waals surface area (Å²) in [7, 11) is 0. The summed E-state index contributed by atoms with van der Waals surface area (Å²) in [6, 6.07) is 6.45. The van der Waals surface area contributed by atoms with Crippen LogP contribution < -0.4 is 5.32 Å². The van der Waals surface area contributed by atoms with Crippen molar-refractivity contribution in [3.8, 4) is 0 Å². The number of aryl methyl sites for hydroxylation is 2. The summed E-state index contributed by atoms with van der Waals surface area (Å²) in [5, 5.41) is 3.35. The fraction of sp³-hybridized carbons (Fsp3) is 0.562. The Hall–Kier alpha value is -1.00. The van der Waals surface area contributed by atoms with Gasteiger partial charge in [-0.25, -0.2) is 0 Å². The number of carbonyl (C=O) groups is 1. The Bertz CT molecular complexity index is 489. The van der Waals surface area contributed by atoms with E-state index in [9.17, 15) is 4.79 Å². The van der Waals surface area contributed by atoms with E-state index in [4.69, 9.17) is 0 Å². The van der Waals surface area contributed by atoms with Crippen molar-refractivity contribution in [2.75, 3.05) is 25.1 Å². The quantitative estimate of drug-likeness (QED) is 0.905. The maximum Gasteiger partial charge on any atom is 0.238 e. The van der Waals surface area contributed by atoms with Crippen LogP contribution in [0.1, 0.15) is 29.8 Å². The molecule has 1 saturated heterocycles. The van der Waals surface area contributed by atoms with E-state index in [1.165, 1.54) is 16.7 Å². The van der Waals surface area contributed by atoms with Gasteiger partial charge in [0.05, 0.1) is 6.54 Å². The van der Waals surface area contributed by atoms with Gasteiger partial charge in [0.15, 0.2) is 0 Å². The van der Waals surface area contributed by atoms with Gasteiger partial charge in [-0.2, -0.15) is 11.8 Å². The minimum atomic E-state index is 0.0346. The first-order chi connectivity index (χ1) is 9.52. The standard InChI is InChI=1S/C16H24N2OS/c1-11-5-6-14(13(3)7-11)16-17-8-15(19)18(16)9-12(2)10-20-4/h5-7,12,16-17H,8-10H2,1-4H3. The van der Waals surface area contributed by atoms with E-state index < -0.39 is 0 Å². The van der Waals surface area contributed by atoms with Crippen LogP contribution in [0.2, 0.25) is 0 Å². The van der Waals surface area contributed by atoms with Crippen molar-refractivity contribution in [2.45, 2.75) is 26.9 Å². The van der Waals surface area contributed by atoms with Gasteiger partial charge in [-0.05, 0) is 42.9 Å². The predicted octanol–water partition coefficient (Wildman–Crippen LogP) is 2.73. The zero-order chi connectivity index (χ0) is 14.7. The van der Waals surface area contributed by atoms with E-state index in [2.05, 4.69) is 50.5 Å². The van der Waals surface area contributed by atoms with Crippen molar-refractivity contribution >= 4 is 17.7 Å². The van der Waals surface area contributed by atoms with Gasteiger partial charge in [0.2, 0.25) is 5.91 Å². The molecule has 3 nitrogen and oxygen atoms in total. The lowest BCUT2D eigenvalue weighted by Gasteiger charge is -2.28. The Balaban J connectivity index is 2.19. The Morgan fingerprint density at radius 3 is 2.85 bits per heavy atom. The Morgan fingerprint density at radius 1 is 1.45 bits per heavy atom. The summed E-state index contributed by atoms with van der Waals surface area (Å²) in [4.78, 5) is 14.1. The zero-order valence-electron chi connectivity index (χ0n) is 12.8. The predicted molar refractivity (Wildman–Crippen MR) is 85.9 cm³/mol. The van der Waals surface area contributed by atoms with Crippen LogP contribution >= 0.6 is 11.8 Å². The number of rotatable bonds is 5. The molecule has 2 rings (SSSR count). The molecular weight excluding hydrogens is 268 g/mol. The van der Waals surface area contributed by atoms with Gasteiger partial charge in [0.1, 0.15) is 6.17 Å². The molecule has 1 aliphatic rings. The molecular formula is C16H24N2OS. The van der Waals surface area contributed by atoms with Crippen molar-refractivity contribution in [1.82, 2.24) is 10.2 Å². The molecule has 0 radical (unpaired) electrons. The van der Waals surface area contributed by atoms with Crippen LogP contribution in [-0.4, -0.2) is 35.9 Å². The fourth-order valence-electron chi connectivity index (χ4n) is 2.83. The van der Waals surface area contributed by atoms with Gasteiger partial charge in [-0.1, -0.05) is 30.7 Å². The fourth-order valence-corrected chi connectivity index (χ4v) is 3.50. The molecule has 4 heteroatoms. The van der Waals surface area contributed by atoms with Gasteiger partial charge in [0, 0.05) is 6.54 Å². The number of benzene rings is 1. The van der Waals surface area contributed by atoms with Gasteiger partial charge < -0.3 is 4.90 Å². The minimum Gasteiger partial charge on any atom is -0.322 e. The van der Waals surface area contributed by atoms with Crippen molar-refractivity contribution in [2.24, 2.45) is 5.92 Å². The second kappa shape index (κ2) is 6.64. The molecule has 2 atom stereocenters. The lowest BCUT2D eigenvalue weighted by molar-refractivity contribution is -0.128. The average molecular weight is 292 g/mol. The number of nitrogens with one attached hydrogen (secondary N) is 1. The second-order valence-corrected chi connectivity index (χ2v) is 6.66. The molecule has 1 N–H and O–H groups in total. The van der Waals surface area contributed by atoms with E-state index in [1.807, 2.05) is 16.7 Å². The Morgan fingerprint density at radius 2 is 2.20 bits per heavy atom. The number of nitrogens with zero attached hydrogens (tertiary/aromatic N) is 1. The number of thioether (sulfide) groups is 1. The average Bonchev–Trinajstić information content (AvgIpc) is 2.72. The second-order valence-electron chi connectivity index (χ2n) is 5.75. The molecule has 1 heterocycles. The van der Waals surface area contributed by atoms with Gasteiger partial charge >= 0.3 is 0 Å². The van der Waals surface area contributed by atoms with Crippen LogP contribution in [0.15, 0.2) is 18.2 Å². The van der Waals surface area contributed by atoms with E-state index in [0.717, 1.165) is 12.3 Å². The third-order valence-electron chi connectivity index (χ3n) is 3.76. The molecule has 110 valence electrons.